The van der Waals surface area contributed by atoms with Crippen LogP contribution < -0.4 is 4.74 Å². The molecule has 1 heterocycles. The van der Waals surface area contributed by atoms with Crippen LogP contribution in [0.3, 0.4) is 0 Å². The molecule has 100 valence electrons. The van der Waals surface area contributed by atoms with Gasteiger partial charge in [-0.05, 0) is 0 Å². The zero-order valence-electron chi connectivity index (χ0n) is 8.13. The number of alkyl halides is 5. The molecule has 18 heavy (non-hydrogen) atoms. The predicted molar refractivity (Wildman–Crippen MR) is 42.8 cm³/mol. The highest BCUT2D eigenvalue weighted by molar-refractivity contribution is 5.92. The van der Waals surface area contributed by atoms with Crippen molar-refractivity contribution < 1.29 is 41.0 Å². The SMILES string of the molecule is O=C(O)c1c(C(F)F)cnc(F)c1OC(F)(F)F. The molecule has 0 saturated heterocycles. The number of carboxylic acid groups (broad SMARTS) is 1. The highest BCUT2D eigenvalue weighted by atomic mass is 19.4. The number of carboxylic acids is 1. The molecule has 0 spiro atoms. The van der Waals surface area contributed by atoms with Crippen LogP contribution in [-0.4, -0.2) is 22.4 Å². The van der Waals surface area contributed by atoms with Crippen LogP contribution in [0.1, 0.15) is 22.3 Å². The molecule has 1 N–H and O–H groups in total. The highest BCUT2D eigenvalue weighted by Gasteiger charge is 2.37. The molecular formula is C8H3F6NO3. The van der Waals surface area contributed by atoms with Crippen LogP contribution in [-0.2, 0) is 0 Å². The average molecular weight is 275 g/mol. The van der Waals surface area contributed by atoms with Crippen LogP contribution in [0.25, 0.3) is 0 Å². The van der Waals surface area contributed by atoms with Gasteiger partial charge in [-0.25, -0.2) is 18.6 Å². The van der Waals surface area contributed by atoms with Gasteiger partial charge in [0.25, 0.3) is 12.4 Å². The molecule has 0 atom stereocenters. The Bertz CT molecular complexity index is 473. The van der Waals surface area contributed by atoms with E-state index in [9.17, 15) is 31.1 Å². The molecule has 0 radical (unpaired) electrons. The predicted octanol–water partition coefficient (Wildman–Crippen LogP) is 2.76. The number of rotatable bonds is 3. The summed E-state index contributed by atoms with van der Waals surface area (Å²) in [6.45, 7) is 0. The van der Waals surface area contributed by atoms with Crippen LogP contribution in [0.2, 0.25) is 0 Å². The van der Waals surface area contributed by atoms with Crippen molar-refractivity contribution in [2.75, 3.05) is 0 Å². The van der Waals surface area contributed by atoms with Crippen LogP contribution in [0.15, 0.2) is 6.20 Å². The van der Waals surface area contributed by atoms with Gasteiger partial charge in [-0.15, -0.1) is 13.2 Å². The minimum absolute atomic E-state index is 0.132. The monoisotopic (exact) mass is 275 g/mol. The summed E-state index contributed by atoms with van der Waals surface area (Å²) in [5.74, 6) is -6.03. The van der Waals surface area contributed by atoms with Crippen molar-refractivity contribution in [3.63, 3.8) is 0 Å². The summed E-state index contributed by atoms with van der Waals surface area (Å²) in [6, 6.07) is 0. The molecule has 0 fully saturated rings. The molecule has 0 aliphatic carbocycles. The van der Waals surface area contributed by atoms with Crippen molar-refractivity contribution in [2.45, 2.75) is 12.8 Å². The van der Waals surface area contributed by atoms with Gasteiger partial charge >= 0.3 is 12.3 Å². The van der Waals surface area contributed by atoms with Gasteiger partial charge in [-0.3, -0.25) is 0 Å². The fourth-order valence-electron chi connectivity index (χ4n) is 1.08. The fraction of sp³-hybridized carbons (Fsp3) is 0.250. The number of aromatic carboxylic acids is 1. The van der Waals surface area contributed by atoms with Crippen molar-refractivity contribution in [3.05, 3.63) is 23.3 Å². The van der Waals surface area contributed by atoms with E-state index in [2.05, 4.69) is 9.72 Å². The van der Waals surface area contributed by atoms with Crippen molar-refractivity contribution in [2.24, 2.45) is 0 Å². The number of ether oxygens (including phenoxy) is 1. The van der Waals surface area contributed by atoms with Gasteiger partial charge in [-0.2, -0.15) is 4.39 Å². The summed E-state index contributed by atoms with van der Waals surface area (Å²) in [5, 5.41) is 8.54. The molecule has 0 unspecified atom stereocenters. The molecule has 0 amide bonds. The standard InChI is InChI=1S/C8H3F6NO3/c9-5(10)2-1-15-6(11)4(3(2)7(16)17)18-8(12,13)14/h1,5H,(H,16,17). The number of hydrogen-bond donors (Lipinski definition) is 1. The molecule has 0 aliphatic heterocycles. The van der Waals surface area contributed by atoms with E-state index in [1.54, 1.807) is 0 Å². The van der Waals surface area contributed by atoms with E-state index >= 15 is 0 Å². The first-order valence-corrected chi connectivity index (χ1v) is 4.09. The lowest BCUT2D eigenvalue weighted by Gasteiger charge is -2.13. The summed E-state index contributed by atoms with van der Waals surface area (Å²) in [5.41, 5.74) is -2.99. The van der Waals surface area contributed by atoms with E-state index in [-0.39, 0.29) is 6.20 Å². The lowest BCUT2D eigenvalue weighted by Crippen LogP contribution is -2.21. The van der Waals surface area contributed by atoms with Crippen LogP contribution >= 0.6 is 0 Å². The zero-order chi connectivity index (χ0) is 14.1. The largest absolute Gasteiger partial charge is 0.573 e. The molecule has 1 aromatic heterocycles. The minimum Gasteiger partial charge on any atom is -0.478 e. The molecule has 0 saturated carbocycles. The smallest absolute Gasteiger partial charge is 0.478 e. The van der Waals surface area contributed by atoms with E-state index in [1.807, 2.05) is 0 Å². The molecule has 4 nitrogen and oxygen atoms in total. The van der Waals surface area contributed by atoms with Gasteiger partial charge < -0.3 is 9.84 Å². The second-order valence-corrected chi connectivity index (χ2v) is 2.86. The molecule has 0 aromatic carbocycles. The first-order valence-electron chi connectivity index (χ1n) is 4.09. The maximum Gasteiger partial charge on any atom is 0.573 e. The lowest BCUT2D eigenvalue weighted by molar-refractivity contribution is -0.276. The van der Waals surface area contributed by atoms with Gasteiger partial charge in [-0.1, -0.05) is 0 Å². The summed E-state index contributed by atoms with van der Waals surface area (Å²) >= 11 is 0. The van der Waals surface area contributed by atoms with Gasteiger partial charge in [0, 0.05) is 6.20 Å². The number of pyridine rings is 1. The first-order chi connectivity index (χ1) is 8.13. The molecule has 1 aromatic rings. The Morgan fingerprint density at radius 2 is 1.94 bits per heavy atom. The van der Waals surface area contributed by atoms with Crippen LogP contribution in [0.4, 0.5) is 26.3 Å². The number of nitrogens with zero attached hydrogens (tertiary/aromatic N) is 1. The minimum atomic E-state index is -5.44. The number of halogens is 6. The van der Waals surface area contributed by atoms with E-state index in [0.717, 1.165) is 0 Å². The van der Waals surface area contributed by atoms with Crippen LogP contribution in [0, 0.1) is 5.95 Å². The normalized spacial score (nSPS) is 11.7. The van der Waals surface area contributed by atoms with Gasteiger partial charge in [0.1, 0.15) is 5.56 Å². The van der Waals surface area contributed by atoms with Gasteiger partial charge in [0.2, 0.25) is 0 Å². The lowest BCUT2D eigenvalue weighted by atomic mass is 10.1. The summed E-state index contributed by atoms with van der Waals surface area (Å²) in [4.78, 5) is 13.2. The van der Waals surface area contributed by atoms with Gasteiger partial charge in [0.15, 0.2) is 5.75 Å². The number of aromatic nitrogens is 1. The van der Waals surface area contributed by atoms with Crippen molar-refractivity contribution in [1.82, 2.24) is 4.98 Å². The summed E-state index contributed by atoms with van der Waals surface area (Å²) in [6.07, 6.45) is -8.75. The third-order valence-electron chi connectivity index (χ3n) is 1.69. The number of carbonyl (C=O) groups is 1. The maximum atomic E-state index is 12.9. The van der Waals surface area contributed by atoms with Crippen molar-refractivity contribution >= 4 is 5.97 Å². The van der Waals surface area contributed by atoms with E-state index in [0.29, 0.717) is 0 Å². The van der Waals surface area contributed by atoms with E-state index in [1.165, 1.54) is 0 Å². The highest BCUT2D eigenvalue weighted by Crippen LogP contribution is 2.34. The Balaban J connectivity index is 3.46. The van der Waals surface area contributed by atoms with Crippen LogP contribution in [0.5, 0.6) is 5.75 Å². The Hall–Kier alpha value is -2.00. The molecule has 10 heteroatoms. The molecule has 1 rings (SSSR count). The second kappa shape index (κ2) is 4.70. The third kappa shape index (κ3) is 3.02. The van der Waals surface area contributed by atoms with Crippen molar-refractivity contribution in [1.29, 1.82) is 0 Å². The molecule has 0 bridgehead atoms. The van der Waals surface area contributed by atoms with Gasteiger partial charge in [0.05, 0.1) is 5.56 Å². The van der Waals surface area contributed by atoms with E-state index in [4.69, 9.17) is 5.11 Å². The summed E-state index contributed by atoms with van der Waals surface area (Å²) < 4.78 is 76.4. The zero-order valence-corrected chi connectivity index (χ0v) is 8.13. The number of hydrogen-bond acceptors (Lipinski definition) is 3. The maximum absolute atomic E-state index is 12.9. The molecular weight excluding hydrogens is 272 g/mol. The second-order valence-electron chi connectivity index (χ2n) is 2.86. The fourth-order valence-corrected chi connectivity index (χ4v) is 1.08. The Morgan fingerprint density at radius 1 is 1.39 bits per heavy atom. The molecule has 0 aliphatic rings. The Morgan fingerprint density at radius 3 is 2.33 bits per heavy atom. The topological polar surface area (TPSA) is 59.4 Å². The Kier molecular flexibility index (Phi) is 3.67. The Labute approximate surface area is 94.8 Å². The van der Waals surface area contributed by atoms with Crippen molar-refractivity contribution in [3.8, 4) is 5.75 Å². The summed E-state index contributed by atoms with van der Waals surface area (Å²) in [7, 11) is 0. The van der Waals surface area contributed by atoms with E-state index < -0.39 is 41.6 Å². The third-order valence-corrected chi connectivity index (χ3v) is 1.69. The quantitative estimate of drug-likeness (QED) is 0.680. The average Bonchev–Trinajstić information content (AvgIpc) is 2.17. The first kappa shape index (κ1) is 14.1.